The normalized spacial score (nSPS) is 15.7. The lowest BCUT2D eigenvalue weighted by molar-refractivity contribution is -0.114. The molecule has 1 fully saturated rings. The quantitative estimate of drug-likeness (QED) is 0.534. The lowest BCUT2D eigenvalue weighted by Crippen LogP contribution is -2.38. The number of nitrogens with one attached hydrogen (secondary N) is 2. The Bertz CT molecular complexity index is 1140. The van der Waals surface area contributed by atoms with Crippen molar-refractivity contribution in [2.75, 3.05) is 5.32 Å². The van der Waals surface area contributed by atoms with E-state index in [1.165, 1.54) is 11.5 Å². The SMILES string of the molecule is CC(=O)Nc1ccc2nc3c(=O)n(C4CCCCCC4)c(=O)[nH]c3nc2c1. The third kappa shape index (κ3) is 3.34. The summed E-state index contributed by atoms with van der Waals surface area (Å²) in [6, 6.07) is 4.99. The first-order valence-electron chi connectivity index (χ1n) is 9.27. The number of carbonyl (C=O) groups is 1. The third-order valence-electron chi connectivity index (χ3n) is 5.04. The number of amides is 1. The second kappa shape index (κ2) is 6.94. The molecule has 2 aromatic heterocycles. The summed E-state index contributed by atoms with van der Waals surface area (Å²) in [7, 11) is 0. The van der Waals surface area contributed by atoms with Gasteiger partial charge in [-0.3, -0.25) is 19.1 Å². The second-order valence-electron chi connectivity index (χ2n) is 7.06. The summed E-state index contributed by atoms with van der Waals surface area (Å²) in [5, 5.41) is 2.68. The highest BCUT2D eigenvalue weighted by Crippen LogP contribution is 2.25. The first-order valence-corrected chi connectivity index (χ1v) is 9.27. The molecule has 0 atom stereocenters. The zero-order chi connectivity index (χ0) is 19.0. The lowest BCUT2D eigenvalue weighted by Gasteiger charge is -2.16. The Morgan fingerprint density at radius 1 is 1.11 bits per heavy atom. The first kappa shape index (κ1) is 17.4. The molecule has 3 aromatic rings. The number of anilines is 1. The summed E-state index contributed by atoms with van der Waals surface area (Å²) >= 11 is 0. The molecule has 4 rings (SSSR count). The molecule has 0 aliphatic heterocycles. The number of aromatic nitrogens is 4. The van der Waals surface area contributed by atoms with Gasteiger partial charge in [-0.25, -0.2) is 14.8 Å². The minimum atomic E-state index is -0.439. The van der Waals surface area contributed by atoms with Crippen molar-refractivity contribution >= 4 is 33.8 Å². The zero-order valence-corrected chi connectivity index (χ0v) is 15.1. The number of carbonyl (C=O) groups excluding carboxylic acids is 1. The molecule has 1 aliphatic carbocycles. The molecule has 1 saturated carbocycles. The van der Waals surface area contributed by atoms with Gasteiger partial charge < -0.3 is 5.32 Å². The van der Waals surface area contributed by atoms with Crippen LogP contribution in [0.3, 0.4) is 0 Å². The Labute approximate surface area is 154 Å². The van der Waals surface area contributed by atoms with Crippen LogP contribution in [0, 0.1) is 0 Å². The van der Waals surface area contributed by atoms with E-state index in [2.05, 4.69) is 20.3 Å². The maximum absolute atomic E-state index is 13.0. The highest BCUT2D eigenvalue weighted by Gasteiger charge is 2.20. The van der Waals surface area contributed by atoms with E-state index in [0.717, 1.165) is 38.5 Å². The number of rotatable bonds is 2. The molecule has 27 heavy (non-hydrogen) atoms. The number of hydrogen-bond acceptors (Lipinski definition) is 5. The number of fused-ring (bicyclic) bond motifs is 2. The van der Waals surface area contributed by atoms with Crippen molar-refractivity contribution < 1.29 is 4.79 Å². The van der Waals surface area contributed by atoms with Gasteiger partial charge in [-0.05, 0) is 31.0 Å². The summed E-state index contributed by atoms with van der Waals surface area (Å²) in [6.45, 7) is 1.42. The fourth-order valence-corrected chi connectivity index (χ4v) is 3.79. The van der Waals surface area contributed by atoms with E-state index < -0.39 is 5.69 Å². The first-order chi connectivity index (χ1) is 13.0. The minimum Gasteiger partial charge on any atom is -0.326 e. The van der Waals surface area contributed by atoms with Crippen LogP contribution in [0.1, 0.15) is 51.5 Å². The molecule has 2 N–H and O–H groups in total. The van der Waals surface area contributed by atoms with Crippen LogP contribution < -0.4 is 16.6 Å². The van der Waals surface area contributed by atoms with Crippen molar-refractivity contribution in [3.8, 4) is 0 Å². The molecule has 1 amide bonds. The number of hydrogen-bond donors (Lipinski definition) is 2. The van der Waals surface area contributed by atoms with Gasteiger partial charge in [-0.1, -0.05) is 25.7 Å². The van der Waals surface area contributed by atoms with E-state index in [0.29, 0.717) is 16.7 Å². The van der Waals surface area contributed by atoms with E-state index in [1.54, 1.807) is 18.2 Å². The van der Waals surface area contributed by atoms with Crippen LogP contribution in [-0.2, 0) is 4.79 Å². The van der Waals surface area contributed by atoms with E-state index in [-0.39, 0.29) is 28.7 Å². The van der Waals surface area contributed by atoms with Gasteiger partial charge in [0, 0.05) is 18.7 Å². The molecule has 0 bridgehead atoms. The monoisotopic (exact) mass is 367 g/mol. The Morgan fingerprint density at radius 3 is 2.56 bits per heavy atom. The smallest absolute Gasteiger partial charge is 0.326 e. The minimum absolute atomic E-state index is 0.0900. The van der Waals surface area contributed by atoms with Gasteiger partial charge in [-0.2, -0.15) is 0 Å². The van der Waals surface area contributed by atoms with Gasteiger partial charge in [0.05, 0.1) is 11.0 Å². The molecule has 0 saturated heterocycles. The van der Waals surface area contributed by atoms with Crippen molar-refractivity contribution in [3.63, 3.8) is 0 Å². The average Bonchev–Trinajstić information content (AvgIpc) is 2.89. The number of nitrogens with zero attached hydrogens (tertiary/aromatic N) is 3. The predicted octanol–water partition coefficient (Wildman–Crippen LogP) is 2.49. The molecule has 1 aliphatic rings. The Morgan fingerprint density at radius 2 is 1.85 bits per heavy atom. The van der Waals surface area contributed by atoms with E-state index >= 15 is 0 Å². The zero-order valence-electron chi connectivity index (χ0n) is 15.1. The van der Waals surface area contributed by atoms with E-state index in [9.17, 15) is 14.4 Å². The van der Waals surface area contributed by atoms with Gasteiger partial charge in [0.2, 0.25) is 5.91 Å². The molecule has 8 nitrogen and oxygen atoms in total. The molecule has 0 radical (unpaired) electrons. The highest BCUT2D eigenvalue weighted by atomic mass is 16.2. The van der Waals surface area contributed by atoms with Crippen molar-refractivity contribution in [1.82, 2.24) is 19.5 Å². The summed E-state index contributed by atoms with van der Waals surface area (Å²) in [5.74, 6) is -0.192. The Hall–Kier alpha value is -3.03. The van der Waals surface area contributed by atoms with Gasteiger partial charge in [-0.15, -0.1) is 0 Å². The molecule has 0 spiro atoms. The molecule has 2 heterocycles. The third-order valence-corrected chi connectivity index (χ3v) is 5.04. The summed E-state index contributed by atoms with van der Waals surface area (Å²) in [6.07, 6.45) is 5.97. The fourth-order valence-electron chi connectivity index (χ4n) is 3.79. The van der Waals surface area contributed by atoms with Crippen molar-refractivity contribution in [3.05, 3.63) is 39.0 Å². The van der Waals surface area contributed by atoms with Crippen LogP contribution in [0.25, 0.3) is 22.2 Å². The largest absolute Gasteiger partial charge is 0.330 e. The molecular weight excluding hydrogens is 346 g/mol. The summed E-state index contributed by atoms with van der Waals surface area (Å²) in [5.41, 5.74) is 1.12. The van der Waals surface area contributed by atoms with Crippen LogP contribution in [0.2, 0.25) is 0 Å². The summed E-state index contributed by atoms with van der Waals surface area (Å²) in [4.78, 5) is 48.4. The molecule has 8 heteroatoms. The molecule has 140 valence electrons. The number of H-pyrrole nitrogens is 1. The van der Waals surface area contributed by atoms with Gasteiger partial charge in [0.15, 0.2) is 11.2 Å². The average molecular weight is 367 g/mol. The number of aromatic amines is 1. The van der Waals surface area contributed by atoms with Gasteiger partial charge in [0.25, 0.3) is 5.56 Å². The predicted molar refractivity (Wildman–Crippen MR) is 103 cm³/mol. The highest BCUT2D eigenvalue weighted by molar-refractivity contribution is 5.92. The maximum Gasteiger partial charge on any atom is 0.330 e. The van der Waals surface area contributed by atoms with E-state index in [1.807, 2.05) is 0 Å². The van der Waals surface area contributed by atoms with Crippen molar-refractivity contribution in [1.29, 1.82) is 0 Å². The number of benzene rings is 1. The van der Waals surface area contributed by atoms with Crippen LogP contribution >= 0.6 is 0 Å². The topological polar surface area (TPSA) is 110 Å². The Balaban J connectivity index is 1.87. The van der Waals surface area contributed by atoms with Gasteiger partial charge in [0.1, 0.15) is 0 Å². The molecule has 0 unspecified atom stereocenters. The fraction of sp³-hybridized carbons (Fsp3) is 0.421. The molecular formula is C19H21N5O3. The van der Waals surface area contributed by atoms with Crippen molar-refractivity contribution in [2.24, 2.45) is 0 Å². The second-order valence-corrected chi connectivity index (χ2v) is 7.06. The summed E-state index contributed by atoms with van der Waals surface area (Å²) < 4.78 is 1.32. The maximum atomic E-state index is 13.0. The van der Waals surface area contributed by atoms with Crippen molar-refractivity contribution in [2.45, 2.75) is 51.5 Å². The lowest BCUT2D eigenvalue weighted by atomic mass is 10.1. The van der Waals surface area contributed by atoms with Gasteiger partial charge >= 0.3 is 5.69 Å². The van der Waals surface area contributed by atoms with Crippen LogP contribution in [-0.4, -0.2) is 25.4 Å². The van der Waals surface area contributed by atoms with E-state index in [4.69, 9.17) is 0 Å². The van der Waals surface area contributed by atoms with Crippen LogP contribution in [0.15, 0.2) is 27.8 Å². The van der Waals surface area contributed by atoms with Crippen LogP contribution in [0.4, 0.5) is 5.69 Å². The Kier molecular flexibility index (Phi) is 4.47. The standard InChI is InChI=1S/C19H21N5O3/c1-11(25)20-12-8-9-14-15(10-12)22-17-16(21-14)18(26)24(19(27)23-17)13-6-4-2-3-5-7-13/h8-10,13H,2-7H2,1H3,(H,20,25)(H,22,23,27). The van der Waals surface area contributed by atoms with Crippen LogP contribution in [0.5, 0.6) is 0 Å². The molecule has 1 aromatic carbocycles.